The van der Waals surface area contributed by atoms with Crippen molar-refractivity contribution in [1.29, 1.82) is 0 Å². The van der Waals surface area contributed by atoms with Crippen molar-refractivity contribution in [2.45, 2.75) is 38.2 Å². The maximum absolute atomic E-state index is 10.1. The minimum Gasteiger partial charge on any atom is -0.390 e. The second-order valence-corrected chi connectivity index (χ2v) is 4.81. The Morgan fingerprint density at radius 2 is 1.93 bits per heavy atom. The summed E-state index contributed by atoms with van der Waals surface area (Å²) in [5, 5.41) is 10.1. The summed E-state index contributed by atoms with van der Waals surface area (Å²) in [6, 6.07) is 10.5. The van der Waals surface area contributed by atoms with Crippen LogP contribution in [-0.2, 0) is 0 Å². The number of aliphatic hydroxyl groups is 1. The summed E-state index contributed by atoms with van der Waals surface area (Å²) in [6.07, 6.45) is 2.01. The highest BCUT2D eigenvalue weighted by atomic mass is 16.3. The van der Waals surface area contributed by atoms with E-state index < -0.39 is 5.60 Å². The quantitative estimate of drug-likeness (QED) is 0.722. The first-order valence-corrected chi connectivity index (χ1v) is 5.37. The number of hydrogen-bond acceptors (Lipinski definition) is 1. The molecule has 0 radical (unpaired) electrons. The van der Waals surface area contributed by atoms with Crippen LogP contribution in [0.4, 0.5) is 0 Å². The van der Waals surface area contributed by atoms with Crippen LogP contribution in [0.25, 0.3) is 0 Å². The van der Waals surface area contributed by atoms with Gasteiger partial charge in [0.25, 0.3) is 0 Å². The highest BCUT2D eigenvalue weighted by Gasteiger charge is 2.39. The molecule has 0 unspecified atom stereocenters. The Morgan fingerprint density at radius 1 is 1.29 bits per heavy atom. The van der Waals surface area contributed by atoms with Crippen molar-refractivity contribution < 1.29 is 5.11 Å². The molecule has 0 aromatic heterocycles. The molecule has 3 atom stereocenters. The van der Waals surface area contributed by atoms with E-state index >= 15 is 0 Å². The normalized spacial score (nSPS) is 37.4. The van der Waals surface area contributed by atoms with Gasteiger partial charge >= 0.3 is 0 Å². The Labute approximate surface area is 85.8 Å². The zero-order valence-electron chi connectivity index (χ0n) is 8.90. The third-order valence-corrected chi connectivity index (χ3v) is 3.63. The minimum atomic E-state index is -0.472. The van der Waals surface area contributed by atoms with E-state index in [9.17, 15) is 5.11 Å². The maximum Gasteiger partial charge on any atom is 0.0651 e. The van der Waals surface area contributed by atoms with Crippen molar-refractivity contribution in [3.8, 4) is 0 Å². The predicted molar refractivity (Wildman–Crippen MR) is 58.2 cm³/mol. The van der Waals surface area contributed by atoms with Crippen LogP contribution in [0.3, 0.4) is 0 Å². The summed E-state index contributed by atoms with van der Waals surface area (Å²) in [5.41, 5.74) is 0.901. The summed E-state index contributed by atoms with van der Waals surface area (Å²) >= 11 is 0. The third kappa shape index (κ3) is 1.69. The van der Waals surface area contributed by atoms with Gasteiger partial charge in [-0.05, 0) is 37.2 Å². The molecule has 1 N–H and O–H groups in total. The van der Waals surface area contributed by atoms with E-state index in [1.165, 1.54) is 5.56 Å². The number of rotatable bonds is 1. The summed E-state index contributed by atoms with van der Waals surface area (Å²) in [7, 11) is 0. The SMILES string of the molecule is C[C@@H]1C[C@H](c2ccccc2)C[C@]1(C)O. The third-order valence-electron chi connectivity index (χ3n) is 3.63. The highest BCUT2D eigenvalue weighted by Crippen LogP contribution is 2.44. The van der Waals surface area contributed by atoms with E-state index in [4.69, 9.17) is 0 Å². The molecule has 1 aliphatic rings. The van der Waals surface area contributed by atoms with Gasteiger partial charge < -0.3 is 5.11 Å². The van der Waals surface area contributed by atoms with Crippen LogP contribution in [0.1, 0.15) is 38.2 Å². The summed E-state index contributed by atoms with van der Waals surface area (Å²) in [6.45, 7) is 4.10. The van der Waals surface area contributed by atoms with Crippen molar-refractivity contribution in [2.24, 2.45) is 5.92 Å². The van der Waals surface area contributed by atoms with E-state index in [1.807, 2.05) is 13.0 Å². The van der Waals surface area contributed by atoms with Crippen LogP contribution < -0.4 is 0 Å². The second kappa shape index (κ2) is 3.39. The first-order valence-electron chi connectivity index (χ1n) is 5.37. The lowest BCUT2D eigenvalue weighted by Crippen LogP contribution is -2.26. The van der Waals surface area contributed by atoms with Crippen LogP contribution >= 0.6 is 0 Å². The van der Waals surface area contributed by atoms with Gasteiger partial charge in [-0.15, -0.1) is 0 Å². The Bertz CT molecular complexity index is 302. The Balaban J connectivity index is 2.17. The van der Waals surface area contributed by atoms with Crippen molar-refractivity contribution in [2.75, 3.05) is 0 Å². The molecule has 0 spiro atoms. The second-order valence-electron chi connectivity index (χ2n) is 4.81. The molecule has 76 valence electrons. The van der Waals surface area contributed by atoms with E-state index in [2.05, 4.69) is 31.2 Å². The molecular formula is C13H18O. The van der Waals surface area contributed by atoms with Gasteiger partial charge in [-0.3, -0.25) is 0 Å². The molecule has 1 aliphatic carbocycles. The Hall–Kier alpha value is -0.820. The van der Waals surface area contributed by atoms with Gasteiger partial charge in [0, 0.05) is 0 Å². The molecule has 1 aromatic carbocycles. The van der Waals surface area contributed by atoms with Crippen LogP contribution in [0.2, 0.25) is 0 Å². The summed E-state index contributed by atoms with van der Waals surface area (Å²) in [4.78, 5) is 0. The fraction of sp³-hybridized carbons (Fsp3) is 0.538. The molecule has 0 aliphatic heterocycles. The Kier molecular flexibility index (Phi) is 2.36. The lowest BCUT2D eigenvalue weighted by molar-refractivity contribution is 0.0276. The summed E-state index contributed by atoms with van der Waals surface area (Å²) < 4.78 is 0. The number of benzene rings is 1. The average Bonchev–Trinajstić information content (AvgIpc) is 2.43. The van der Waals surface area contributed by atoms with Crippen molar-refractivity contribution in [3.63, 3.8) is 0 Å². The van der Waals surface area contributed by atoms with Gasteiger partial charge in [-0.1, -0.05) is 37.3 Å². The smallest absolute Gasteiger partial charge is 0.0651 e. The molecule has 1 heteroatoms. The molecule has 0 bridgehead atoms. The van der Waals surface area contributed by atoms with E-state index in [-0.39, 0.29) is 0 Å². The zero-order valence-corrected chi connectivity index (χ0v) is 8.90. The molecule has 0 heterocycles. The largest absolute Gasteiger partial charge is 0.390 e. The lowest BCUT2D eigenvalue weighted by Gasteiger charge is -2.21. The lowest BCUT2D eigenvalue weighted by atomic mass is 9.94. The highest BCUT2D eigenvalue weighted by molar-refractivity contribution is 5.22. The van der Waals surface area contributed by atoms with E-state index in [0.29, 0.717) is 11.8 Å². The van der Waals surface area contributed by atoms with Gasteiger partial charge in [0.1, 0.15) is 0 Å². The molecule has 1 nitrogen and oxygen atoms in total. The first-order chi connectivity index (χ1) is 6.59. The molecular weight excluding hydrogens is 172 g/mol. The van der Waals surface area contributed by atoms with Crippen LogP contribution in [0.5, 0.6) is 0 Å². The van der Waals surface area contributed by atoms with Crippen molar-refractivity contribution in [3.05, 3.63) is 35.9 Å². The molecule has 1 aromatic rings. The van der Waals surface area contributed by atoms with Crippen molar-refractivity contribution in [1.82, 2.24) is 0 Å². The topological polar surface area (TPSA) is 20.2 Å². The Morgan fingerprint density at radius 3 is 2.43 bits per heavy atom. The van der Waals surface area contributed by atoms with Crippen LogP contribution in [-0.4, -0.2) is 10.7 Å². The molecule has 1 fully saturated rings. The monoisotopic (exact) mass is 190 g/mol. The van der Waals surface area contributed by atoms with Gasteiger partial charge in [0.05, 0.1) is 5.60 Å². The van der Waals surface area contributed by atoms with Crippen LogP contribution in [0, 0.1) is 5.92 Å². The maximum atomic E-state index is 10.1. The molecule has 14 heavy (non-hydrogen) atoms. The van der Waals surface area contributed by atoms with Crippen LogP contribution in [0.15, 0.2) is 30.3 Å². The van der Waals surface area contributed by atoms with Crippen molar-refractivity contribution >= 4 is 0 Å². The minimum absolute atomic E-state index is 0.410. The molecule has 2 rings (SSSR count). The average molecular weight is 190 g/mol. The predicted octanol–water partition coefficient (Wildman–Crippen LogP) is 2.95. The fourth-order valence-corrected chi connectivity index (χ4v) is 2.44. The van der Waals surface area contributed by atoms with Gasteiger partial charge in [0.2, 0.25) is 0 Å². The molecule has 0 amide bonds. The molecule has 0 saturated heterocycles. The fourth-order valence-electron chi connectivity index (χ4n) is 2.44. The standard InChI is InChI=1S/C13H18O/c1-10-8-12(9-13(10,2)14)11-6-4-3-5-7-11/h3-7,10,12,14H,8-9H2,1-2H3/t10-,12+,13+/m1/s1. The van der Waals surface area contributed by atoms with Gasteiger partial charge in [0.15, 0.2) is 0 Å². The van der Waals surface area contributed by atoms with Gasteiger partial charge in [-0.25, -0.2) is 0 Å². The van der Waals surface area contributed by atoms with Gasteiger partial charge in [-0.2, -0.15) is 0 Å². The zero-order chi connectivity index (χ0) is 10.2. The van der Waals surface area contributed by atoms with E-state index in [1.54, 1.807) is 0 Å². The van der Waals surface area contributed by atoms with E-state index in [0.717, 1.165) is 12.8 Å². The molecule has 1 saturated carbocycles. The first kappa shape index (κ1) is 9.72. The summed E-state index contributed by atoms with van der Waals surface area (Å²) in [5.74, 6) is 0.953. The number of hydrogen-bond donors (Lipinski definition) is 1.